The van der Waals surface area contributed by atoms with Crippen LogP contribution in [0.4, 0.5) is 0 Å². The van der Waals surface area contributed by atoms with Crippen molar-refractivity contribution < 1.29 is 9.53 Å². The number of amides is 1. The van der Waals surface area contributed by atoms with E-state index in [2.05, 4.69) is 16.1 Å². The highest BCUT2D eigenvalue weighted by Gasteiger charge is 2.29. The van der Waals surface area contributed by atoms with Gasteiger partial charge in [0.05, 0.1) is 27.8 Å². The van der Waals surface area contributed by atoms with Crippen LogP contribution in [0.2, 0.25) is 10.0 Å². The Morgan fingerprint density at radius 1 is 1.35 bits per heavy atom. The molecule has 0 spiro atoms. The van der Waals surface area contributed by atoms with Gasteiger partial charge in [-0.15, -0.1) is 0 Å². The fraction of sp³-hybridized carbons (Fsp3) is 0.364. The van der Waals surface area contributed by atoms with Crippen molar-refractivity contribution in [3.8, 4) is 11.8 Å². The summed E-state index contributed by atoms with van der Waals surface area (Å²) < 4.78 is 5.82. The summed E-state index contributed by atoms with van der Waals surface area (Å²) in [6.07, 6.45) is 0.543. The zero-order valence-electron chi connectivity index (χ0n) is 17.0. The number of fused-ring (bicyclic) bond motifs is 1. The van der Waals surface area contributed by atoms with E-state index in [4.69, 9.17) is 33.5 Å². The van der Waals surface area contributed by atoms with E-state index in [1.54, 1.807) is 35.2 Å². The largest absolute Gasteiger partial charge is 0.491 e. The van der Waals surface area contributed by atoms with Crippen LogP contribution in [0.3, 0.4) is 0 Å². The normalized spacial score (nSPS) is 16.8. The monoisotopic (exact) mass is 457 g/mol. The van der Waals surface area contributed by atoms with E-state index in [1.807, 2.05) is 13.0 Å². The van der Waals surface area contributed by atoms with Gasteiger partial charge in [-0.1, -0.05) is 47.4 Å². The number of rotatable bonds is 6. The molecule has 2 aromatic carbocycles. The number of hydrogen-bond acceptors (Lipinski definition) is 4. The van der Waals surface area contributed by atoms with Crippen LogP contribution in [0.15, 0.2) is 41.5 Å². The van der Waals surface area contributed by atoms with Gasteiger partial charge >= 0.3 is 0 Å². The number of carbonyl (C=O) groups excluding carboxylic acids is 1. The Morgan fingerprint density at radius 3 is 2.87 bits per heavy atom. The van der Waals surface area contributed by atoms with E-state index >= 15 is 0 Å². The molecule has 0 aliphatic carbocycles. The standard InChI is InChI=1S/C22H21Cl2N5O2/c1-14-11-29(22(30)18-4-2-3-16(10-25)21(18)31-13-14)12-17(7-8-27-28-26)15-5-6-19(23)20(24)9-15/h2-6,9,14,17H,7-8,11-13H2,1H3/t14-,17-/m1/s1. The van der Waals surface area contributed by atoms with Gasteiger partial charge in [0, 0.05) is 36.4 Å². The Labute approximate surface area is 190 Å². The number of carbonyl (C=O) groups is 1. The van der Waals surface area contributed by atoms with Crippen molar-refractivity contribution in [2.75, 3.05) is 26.2 Å². The molecule has 1 aliphatic rings. The lowest BCUT2D eigenvalue weighted by atomic mass is 9.94. The van der Waals surface area contributed by atoms with Crippen molar-refractivity contribution in [2.45, 2.75) is 19.3 Å². The Morgan fingerprint density at radius 2 is 2.16 bits per heavy atom. The van der Waals surface area contributed by atoms with Crippen LogP contribution < -0.4 is 4.74 Å². The molecule has 9 heteroatoms. The zero-order valence-corrected chi connectivity index (χ0v) is 18.5. The Hall–Kier alpha value is -2.91. The minimum absolute atomic E-state index is 0.0652. The molecule has 0 aromatic heterocycles. The van der Waals surface area contributed by atoms with Crippen molar-refractivity contribution >= 4 is 29.1 Å². The first-order valence-corrected chi connectivity index (χ1v) is 10.6. The van der Waals surface area contributed by atoms with Crippen LogP contribution in [0, 0.1) is 17.2 Å². The fourth-order valence-electron chi connectivity index (χ4n) is 3.67. The number of nitrogens with zero attached hydrogens (tertiary/aromatic N) is 5. The lowest BCUT2D eigenvalue weighted by Crippen LogP contribution is -2.41. The van der Waals surface area contributed by atoms with Crippen molar-refractivity contribution in [2.24, 2.45) is 11.0 Å². The molecule has 0 radical (unpaired) electrons. The highest BCUT2D eigenvalue weighted by molar-refractivity contribution is 6.42. The van der Waals surface area contributed by atoms with Crippen LogP contribution in [0.1, 0.15) is 40.7 Å². The first-order chi connectivity index (χ1) is 14.9. The molecule has 2 aromatic rings. The molecule has 1 aliphatic heterocycles. The Bertz CT molecular complexity index is 1060. The summed E-state index contributed by atoms with van der Waals surface area (Å²) in [4.78, 5) is 18.0. The smallest absolute Gasteiger partial charge is 0.257 e. The van der Waals surface area contributed by atoms with Gasteiger partial charge in [-0.05, 0) is 41.8 Å². The molecule has 0 fully saturated rings. The first kappa shape index (κ1) is 22.8. The van der Waals surface area contributed by atoms with E-state index in [0.717, 1.165) is 5.56 Å². The van der Waals surface area contributed by atoms with Gasteiger partial charge < -0.3 is 9.64 Å². The molecule has 7 nitrogen and oxygen atoms in total. The van der Waals surface area contributed by atoms with E-state index in [0.29, 0.717) is 53.0 Å². The summed E-state index contributed by atoms with van der Waals surface area (Å²) in [5.41, 5.74) is 10.3. The summed E-state index contributed by atoms with van der Waals surface area (Å²) in [5.74, 6) is 0.0778. The van der Waals surface area contributed by atoms with Crippen LogP contribution >= 0.6 is 23.2 Å². The molecule has 0 bridgehead atoms. The maximum absolute atomic E-state index is 13.4. The second-order valence-corrected chi connectivity index (χ2v) is 8.35. The highest BCUT2D eigenvalue weighted by Crippen LogP contribution is 2.32. The first-order valence-electron chi connectivity index (χ1n) is 9.85. The summed E-state index contributed by atoms with van der Waals surface area (Å²) in [6, 6.07) is 12.5. The third-order valence-electron chi connectivity index (χ3n) is 5.19. The SMILES string of the molecule is C[C@H]1COc2c(C#N)cccc2C(=O)N(C[C@@H](CCN=[N+]=[N-])c2ccc(Cl)c(Cl)c2)C1. The Balaban J connectivity index is 1.96. The van der Waals surface area contributed by atoms with Gasteiger partial charge in [-0.2, -0.15) is 5.26 Å². The van der Waals surface area contributed by atoms with Crippen LogP contribution in [0.5, 0.6) is 5.75 Å². The summed E-state index contributed by atoms with van der Waals surface area (Å²) >= 11 is 12.3. The third kappa shape index (κ3) is 5.42. The zero-order chi connectivity index (χ0) is 22.4. The predicted molar refractivity (Wildman–Crippen MR) is 120 cm³/mol. The molecule has 1 heterocycles. The van der Waals surface area contributed by atoms with Gasteiger partial charge in [0.1, 0.15) is 11.8 Å². The van der Waals surface area contributed by atoms with Crippen molar-refractivity contribution in [3.05, 3.63) is 73.6 Å². The molecule has 3 rings (SSSR count). The number of ether oxygens (including phenoxy) is 1. The Kier molecular flexibility index (Phi) is 7.64. The summed E-state index contributed by atoms with van der Waals surface area (Å²) in [6.45, 7) is 3.57. The maximum atomic E-state index is 13.4. The van der Waals surface area contributed by atoms with Gasteiger partial charge in [0.25, 0.3) is 5.91 Å². The number of benzene rings is 2. The molecular weight excluding hydrogens is 437 g/mol. The van der Waals surface area contributed by atoms with E-state index in [1.165, 1.54) is 0 Å². The fourth-order valence-corrected chi connectivity index (χ4v) is 3.97. The molecule has 0 unspecified atom stereocenters. The van der Waals surface area contributed by atoms with Crippen LogP contribution in [0.25, 0.3) is 10.4 Å². The number of para-hydroxylation sites is 1. The second kappa shape index (κ2) is 10.4. The summed E-state index contributed by atoms with van der Waals surface area (Å²) in [7, 11) is 0. The van der Waals surface area contributed by atoms with Gasteiger partial charge in [-0.25, -0.2) is 0 Å². The molecule has 1 amide bonds. The quantitative estimate of drug-likeness (QED) is 0.310. The molecule has 0 N–H and O–H groups in total. The topological polar surface area (TPSA) is 102 Å². The second-order valence-electron chi connectivity index (χ2n) is 7.53. The molecule has 2 atom stereocenters. The minimum Gasteiger partial charge on any atom is -0.491 e. The van der Waals surface area contributed by atoms with Crippen molar-refractivity contribution in [3.63, 3.8) is 0 Å². The van der Waals surface area contributed by atoms with Crippen LogP contribution in [-0.2, 0) is 0 Å². The average Bonchev–Trinajstić information content (AvgIpc) is 2.76. The van der Waals surface area contributed by atoms with Crippen molar-refractivity contribution in [1.82, 2.24) is 4.90 Å². The molecule has 0 saturated carbocycles. The lowest BCUT2D eigenvalue weighted by Gasteiger charge is -2.33. The highest BCUT2D eigenvalue weighted by atomic mass is 35.5. The average molecular weight is 458 g/mol. The number of azide groups is 1. The van der Waals surface area contributed by atoms with Gasteiger partial charge in [0.2, 0.25) is 0 Å². The van der Waals surface area contributed by atoms with Crippen molar-refractivity contribution in [1.29, 1.82) is 5.26 Å². The molecule has 160 valence electrons. The van der Waals surface area contributed by atoms with E-state index < -0.39 is 0 Å². The maximum Gasteiger partial charge on any atom is 0.257 e. The molecular formula is C22H21Cl2N5O2. The summed E-state index contributed by atoms with van der Waals surface area (Å²) in [5, 5.41) is 14.0. The minimum atomic E-state index is -0.201. The molecule has 31 heavy (non-hydrogen) atoms. The lowest BCUT2D eigenvalue weighted by molar-refractivity contribution is 0.0669. The number of nitriles is 1. The number of halogens is 2. The van der Waals surface area contributed by atoms with Gasteiger partial charge in [0.15, 0.2) is 0 Å². The number of hydrogen-bond donors (Lipinski definition) is 0. The van der Waals surface area contributed by atoms with Crippen LogP contribution in [-0.4, -0.2) is 37.0 Å². The molecule has 0 saturated heterocycles. The van der Waals surface area contributed by atoms with Gasteiger partial charge in [-0.3, -0.25) is 4.79 Å². The van der Waals surface area contributed by atoms with E-state index in [9.17, 15) is 10.1 Å². The third-order valence-corrected chi connectivity index (χ3v) is 5.93. The predicted octanol–water partition coefficient (Wildman–Crippen LogP) is 5.82. The van der Waals surface area contributed by atoms with E-state index in [-0.39, 0.29) is 24.3 Å².